The van der Waals surface area contributed by atoms with E-state index in [1.165, 1.54) is 0 Å². The fraction of sp³-hybridized carbons (Fsp3) is 0.250. The first kappa shape index (κ1) is 13.9. The number of phenolic OH excluding ortho intramolecular Hbond substituents is 1. The molecule has 2 N–H and O–H groups in total. The van der Waals surface area contributed by atoms with E-state index in [1.807, 2.05) is 49.4 Å². The number of aryl methyl sites for hydroxylation is 1. The van der Waals surface area contributed by atoms with Gasteiger partial charge in [0.15, 0.2) is 0 Å². The summed E-state index contributed by atoms with van der Waals surface area (Å²) in [7, 11) is 0. The molecular weight excluding hydrogens is 258 g/mol. The molecule has 0 unspecified atom stereocenters. The van der Waals surface area contributed by atoms with Crippen molar-refractivity contribution in [2.45, 2.75) is 26.4 Å². The summed E-state index contributed by atoms with van der Waals surface area (Å²) in [6, 6.07) is 13.7. The van der Waals surface area contributed by atoms with Gasteiger partial charge in [-0.3, -0.25) is 0 Å². The number of hydrogen-bond donors (Lipinski definition) is 2. The van der Waals surface area contributed by atoms with Crippen LogP contribution in [0.4, 0.5) is 0 Å². The minimum atomic E-state index is 0.133. The van der Waals surface area contributed by atoms with Crippen molar-refractivity contribution in [2.75, 3.05) is 0 Å². The first-order valence-corrected chi connectivity index (χ1v) is 6.72. The summed E-state index contributed by atoms with van der Waals surface area (Å²) in [5.74, 6) is 0.362. The molecule has 19 heavy (non-hydrogen) atoms. The zero-order valence-corrected chi connectivity index (χ0v) is 11.9. The van der Waals surface area contributed by atoms with E-state index in [9.17, 15) is 5.11 Å². The van der Waals surface area contributed by atoms with Gasteiger partial charge < -0.3 is 10.4 Å². The number of para-hydroxylation sites is 1. The molecule has 100 valence electrons. The molecule has 0 heterocycles. The lowest BCUT2D eigenvalue weighted by Gasteiger charge is -2.16. The van der Waals surface area contributed by atoms with Crippen LogP contribution < -0.4 is 5.32 Å². The molecule has 0 fully saturated rings. The molecule has 0 spiro atoms. The van der Waals surface area contributed by atoms with E-state index in [0.29, 0.717) is 12.3 Å². The molecule has 1 atom stereocenters. The van der Waals surface area contributed by atoms with Crippen molar-refractivity contribution in [1.29, 1.82) is 0 Å². The Morgan fingerprint density at radius 3 is 2.63 bits per heavy atom. The van der Waals surface area contributed by atoms with Crippen LogP contribution in [0.3, 0.4) is 0 Å². The standard InChI is InChI=1S/C16H18ClNO/c1-11-6-5-7-13(16(11)19)10-18-12(2)14-8-3-4-9-15(14)17/h3-9,12,18-19H,10H2,1-2H3/t12-/m0/s1. The number of aromatic hydroxyl groups is 1. The Balaban J connectivity index is 2.07. The van der Waals surface area contributed by atoms with Gasteiger partial charge in [-0.25, -0.2) is 0 Å². The molecule has 0 radical (unpaired) electrons. The monoisotopic (exact) mass is 275 g/mol. The van der Waals surface area contributed by atoms with Gasteiger partial charge in [-0.15, -0.1) is 0 Å². The van der Waals surface area contributed by atoms with Crippen molar-refractivity contribution < 1.29 is 5.11 Å². The van der Waals surface area contributed by atoms with Crippen molar-refractivity contribution in [2.24, 2.45) is 0 Å². The average Bonchev–Trinajstić information content (AvgIpc) is 2.40. The number of hydrogen-bond acceptors (Lipinski definition) is 2. The Morgan fingerprint density at radius 1 is 1.16 bits per heavy atom. The summed E-state index contributed by atoms with van der Waals surface area (Å²) in [4.78, 5) is 0. The highest BCUT2D eigenvalue weighted by atomic mass is 35.5. The topological polar surface area (TPSA) is 32.3 Å². The van der Waals surface area contributed by atoms with Gasteiger partial charge in [0.05, 0.1) is 0 Å². The molecule has 0 aliphatic carbocycles. The largest absolute Gasteiger partial charge is 0.507 e. The number of halogens is 1. The van der Waals surface area contributed by atoms with E-state index in [0.717, 1.165) is 21.7 Å². The second kappa shape index (κ2) is 6.09. The quantitative estimate of drug-likeness (QED) is 0.876. The van der Waals surface area contributed by atoms with Crippen LogP contribution in [-0.4, -0.2) is 5.11 Å². The molecule has 0 aliphatic heterocycles. The summed E-state index contributed by atoms with van der Waals surface area (Å²) in [6.45, 7) is 4.57. The Hall–Kier alpha value is -1.51. The van der Waals surface area contributed by atoms with Gasteiger partial charge >= 0.3 is 0 Å². The molecule has 0 saturated heterocycles. The lowest BCUT2D eigenvalue weighted by molar-refractivity contribution is 0.456. The smallest absolute Gasteiger partial charge is 0.122 e. The van der Waals surface area contributed by atoms with Crippen molar-refractivity contribution in [3.63, 3.8) is 0 Å². The number of phenols is 1. The molecule has 2 rings (SSSR count). The first-order valence-electron chi connectivity index (χ1n) is 6.35. The molecule has 2 nitrogen and oxygen atoms in total. The summed E-state index contributed by atoms with van der Waals surface area (Å²) < 4.78 is 0. The third-order valence-electron chi connectivity index (χ3n) is 3.29. The summed E-state index contributed by atoms with van der Waals surface area (Å²) in [5, 5.41) is 14.1. The predicted molar refractivity (Wildman–Crippen MR) is 79.6 cm³/mol. The van der Waals surface area contributed by atoms with Gasteiger partial charge in [0, 0.05) is 23.2 Å². The Kier molecular flexibility index (Phi) is 4.46. The van der Waals surface area contributed by atoms with E-state index in [1.54, 1.807) is 0 Å². The summed E-state index contributed by atoms with van der Waals surface area (Å²) >= 11 is 6.17. The normalized spacial score (nSPS) is 12.4. The predicted octanol–water partition coefficient (Wildman–Crippen LogP) is 4.20. The summed E-state index contributed by atoms with van der Waals surface area (Å²) in [5.41, 5.74) is 2.86. The molecule has 0 aromatic heterocycles. The van der Waals surface area contributed by atoms with Gasteiger partial charge in [0.25, 0.3) is 0 Å². The van der Waals surface area contributed by atoms with Crippen LogP contribution in [0.25, 0.3) is 0 Å². The van der Waals surface area contributed by atoms with Gasteiger partial charge in [0.1, 0.15) is 5.75 Å². The van der Waals surface area contributed by atoms with Gasteiger partial charge in [-0.2, -0.15) is 0 Å². The van der Waals surface area contributed by atoms with E-state index in [2.05, 4.69) is 12.2 Å². The highest BCUT2D eigenvalue weighted by Crippen LogP contribution is 2.25. The van der Waals surface area contributed by atoms with Crippen molar-refractivity contribution >= 4 is 11.6 Å². The molecule has 0 bridgehead atoms. The highest BCUT2D eigenvalue weighted by molar-refractivity contribution is 6.31. The molecular formula is C16H18ClNO. The van der Waals surface area contributed by atoms with Crippen LogP contribution in [0, 0.1) is 6.92 Å². The zero-order chi connectivity index (χ0) is 13.8. The minimum absolute atomic E-state index is 0.133. The third-order valence-corrected chi connectivity index (χ3v) is 3.64. The molecule has 2 aromatic rings. The maximum Gasteiger partial charge on any atom is 0.122 e. The van der Waals surface area contributed by atoms with Crippen LogP contribution in [-0.2, 0) is 6.54 Å². The lowest BCUT2D eigenvalue weighted by Crippen LogP contribution is -2.18. The van der Waals surface area contributed by atoms with Gasteiger partial charge in [0.2, 0.25) is 0 Å². The SMILES string of the molecule is Cc1cccc(CN[C@@H](C)c2ccccc2Cl)c1O. The Morgan fingerprint density at radius 2 is 1.89 bits per heavy atom. The maximum absolute atomic E-state index is 9.97. The average molecular weight is 276 g/mol. The van der Waals surface area contributed by atoms with E-state index >= 15 is 0 Å². The zero-order valence-electron chi connectivity index (χ0n) is 11.2. The first-order chi connectivity index (χ1) is 9.09. The number of benzene rings is 2. The third kappa shape index (κ3) is 3.28. The van der Waals surface area contributed by atoms with Crippen LogP contribution >= 0.6 is 11.6 Å². The van der Waals surface area contributed by atoms with Gasteiger partial charge in [-0.05, 0) is 31.0 Å². The molecule has 0 amide bonds. The fourth-order valence-corrected chi connectivity index (χ4v) is 2.36. The summed E-state index contributed by atoms with van der Waals surface area (Å²) in [6.07, 6.45) is 0. The van der Waals surface area contributed by atoms with E-state index in [-0.39, 0.29) is 6.04 Å². The minimum Gasteiger partial charge on any atom is -0.507 e. The Bertz CT molecular complexity index is 568. The lowest BCUT2D eigenvalue weighted by atomic mass is 10.1. The van der Waals surface area contributed by atoms with Crippen molar-refractivity contribution in [1.82, 2.24) is 5.32 Å². The van der Waals surface area contributed by atoms with Crippen LogP contribution in [0.15, 0.2) is 42.5 Å². The molecule has 0 aliphatic rings. The van der Waals surface area contributed by atoms with Crippen LogP contribution in [0.5, 0.6) is 5.75 Å². The van der Waals surface area contributed by atoms with Gasteiger partial charge in [-0.1, -0.05) is 48.0 Å². The second-order valence-electron chi connectivity index (χ2n) is 4.71. The molecule has 2 aromatic carbocycles. The number of rotatable bonds is 4. The van der Waals surface area contributed by atoms with Crippen molar-refractivity contribution in [3.8, 4) is 5.75 Å². The molecule has 0 saturated carbocycles. The van der Waals surface area contributed by atoms with Crippen LogP contribution in [0.2, 0.25) is 5.02 Å². The second-order valence-corrected chi connectivity index (χ2v) is 5.11. The fourth-order valence-electron chi connectivity index (χ4n) is 2.06. The number of nitrogens with one attached hydrogen (secondary N) is 1. The van der Waals surface area contributed by atoms with E-state index in [4.69, 9.17) is 11.6 Å². The van der Waals surface area contributed by atoms with Crippen LogP contribution in [0.1, 0.15) is 29.7 Å². The van der Waals surface area contributed by atoms with E-state index < -0.39 is 0 Å². The highest BCUT2D eigenvalue weighted by Gasteiger charge is 2.10. The van der Waals surface area contributed by atoms with Crippen molar-refractivity contribution in [3.05, 3.63) is 64.2 Å². The Labute approximate surface area is 119 Å². The molecule has 3 heteroatoms. The maximum atomic E-state index is 9.97.